The highest BCUT2D eigenvalue weighted by atomic mass is 32.1. The van der Waals surface area contributed by atoms with E-state index in [0.717, 1.165) is 16.0 Å². The Balaban J connectivity index is 1.61. The maximum atomic E-state index is 12.6. The van der Waals surface area contributed by atoms with Crippen molar-refractivity contribution in [1.82, 2.24) is 5.32 Å². The summed E-state index contributed by atoms with van der Waals surface area (Å²) in [6, 6.07) is 19.8. The van der Waals surface area contributed by atoms with E-state index in [0.29, 0.717) is 24.5 Å². The Morgan fingerprint density at radius 3 is 2.23 bits per heavy atom. The minimum Gasteiger partial charge on any atom is -0.484 e. The molecule has 0 aliphatic heterocycles. The summed E-state index contributed by atoms with van der Waals surface area (Å²) in [6.07, 6.45) is 1.25. The number of rotatable bonds is 10. The van der Waals surface area contributed by atoms with Crippen LogP contribution in [0.3, 0.4) is 0 Å². The molecule has 1 atom stereocenters. The summed E-state index contributed by atoms with van der Waals surface area (Å²) >= 11 is 1.62. The van der Waals surface area contributed by atoms with E-state index >= 15 is 0 Å². The zero-order chi connectivity index (χ0) is 22.2. The largest absolute Gasteiger partial charge is 0.484 e. The molecule has 1 amide bonds. The number of aryl methyl sites for hydroxylation is 1. The lowest BCUT2D eigenvalue weighted by Crippen LogP contribution is -2.32. The Labute approximate surface area is 188 Å². The average molecular weight is 436 g/mol. The Morgan fingerprint density at radius 2 is 1.65 bits per heavy atom. The van der Waals surface area contributed by atoms with Crippen molar-refractivity contribution in [2.45, 2.75) is 45.6 Å². The third-order valence-corrected chi connectivity index (χ3v) is 6.07. The van der Waals surface area contributed by atoms with E-state index in [1.807, 2.05) is 41.8 Å². The minimum absolute atomic E-state index is 0.0568. The molecule has 5 heteroatoms. The Kier molecular flexibility index (Phi) is 8.01. The maximum Gasteiger partial charge on any atom is 0.258 e. The predicted octanol–water partition coefficient (Wildman–Crippen LogP) is 5.68. The van der Waals surface area contributed by atoms with E-state index in [1.54, 1.807) is 18.3 Å². The quantitative estimate of drug-likeness (QED) is 0.446. The van der Waals surface area contributed by atoms with Gasteiger partial charge in [0, 0.05) is 11.3 Å². The summed E-state index contributed by atoms with van der Waals surface area (Å²) in [4.78, 5) is 24.8. The molecule has 31 heavy (non-hydrogen) atoms. The van der Waals surface area contributed by atoms with E-state index in [4.69, 9.17) is 4.74 Å². The van der Waals surface area contributed by atoms with Gasteiger partial charge in [-0.15, -0.1) is 11.3 Å². The molecule has 1 aromatic heterocycles. The van der Waals surface area contributed by atoms with Crippen LogP contribution in [0.4, 0.5) is 0 Å². The molecule has 0 aliphatic rings. The van der Waals surface area contributed by atoms with Crippen molar-refractivity contribution in [3.8, 4) is 5.75 Å². The number of amides is 1. The zero-order valence-electron chi connectivity index (χ0n) is 18.3. The second kappa shape index (κ2) is 10.9. The van der Waals surface area contributed by atoms with Gasteiger partial charge in [0.1, 0.15) is 11.5 Å². The van der Waals surface area contributed by atoms with Crippen LogP contribution in [0.1, 0.15) is 60.7 Å². The minimum atomic E-state index is -0.203. The molecule has 1 heterocycles. The van der Waals surface area contributed by atoms with Crippen LogP contribution in [-0.2, 0) is 16.0 Å². The standard InChI is InChI=1S/C26H29NO3S/c1-18(2)21-10-12-22(13-11-21)26(24-5-4-16-31-24)27-25(29)17-30-23-14-8-20(9-15-23)7-6-19(3)28/h4-5,8-16,18,26H,6-7,17H2,1-3H3,(H,27,29). The van der Waals surface area contributed by atoms with Crippen molar-refractivity contribution in [3.05, 3.63) is 87.6 Å². The number of carbonyl (C=O) groups excluding carboxylic acids is 2. The van der Waals surface area contributed by atoms with E-state index in [1.165, 1.54) is 5.56 Å². The number of Topliss-reactive ketones (excluding diaryl/α,β-unsaturated/α-hetero) is 1. The van der Waals surface area contributed by atoms with Gasteiger partial charge in [-0.1, -0.05) is 56.3 Å². The average Bonchev–Trinajstić information content (AvgIpc) is 3.30. The van der Waals surface area contributed by atoms with Crippen molar-refractivity contribution in [1.29, 1.82) is 0 Å². The Hall–Kier alpha value is -2.92. The third kappa shape index (κ3) is 6.79. The van der Waals surface area contributed by atoms with Gasteiger partial charge in [0.05, 0.1) is 6.04 Å². The molecule has 0 saturated carbocycles. The first-order chi connectivity index (χ1) is 14.9. The highest BCUT2D eigenvalue weighted by Gasteiger charge is 2.18. The van der Waals surface area contributed by atoms with Gasteiger partial charge in [0.2, 0.25) is 0 Å². The monoisotopic (exact) mass is 435 g/mol. The van der Waals surface area contributed by atoms with E-state index in [-0.39, 0.29) is 24.3 Å². The molecule has 162 valence electrons. The number of ether oxygens (including phenoxy) is 1. The lowest BCUT2D eigenvalue weighted by Gasteiger charge is -2.19. The van der Waals surface area contributed by atoms with E-state index in [2.05, 4.69) is 43.4 Å². The van der Waals surface area contributed by atoms with Crippen molar-refractivity contribution in [3.63, 3.8) is 0 Å². The number of thiophene rings is 1. The lowest BCUT2D eigenvalue weighted by atomic mass is 9.98. The maximum absolute atomic E-state index is 12.6. The molecule has 0 bridgehead atoms. The number of ketones is 1. The van der Waals surface area contributed by atoms with Gasteiger partial charge in [0.25, 0.3) is 5.91 Å². The smallest absolute Gasteiger partial charge is 0.258 e. The van der Waals surface area contributed by atoms with Gasteiger partial charge in [-0.25, -0.2) is 0 Å². The van der Waals surface area contributed by atoms with Crippen LogP contribution in [0.2, 0.25) is 0 Å². The molecule has 1 N–H and O–H groups in total. The summed E-state index contributed by atoms with van der Waals surface area (Å²) in [6.45, 7) is 5.87. The number of carbonyl (C=O) groups is 2. The molecule has 1 unspecified atom stereocenters. The van der Waals surface area contributed by atoms with Crippen LogP contribution in [0, 0.1) is 0 Å². The molecule has 0 aliphatic carbocycles. The number of benzene rings is 2. The van der Waals surface area contributed by atoms with Gasteiger partial charge < -0.3 is 14.8 Å². The molecular weight excluding hydrogens is 406 g/mol. The summed E-state index contributed by atoms with van der Waals surface area (Å²) < 4.78 is 5.68. The zero-order valence-corrected chi connectivity index (χ0v) is 19.1. The summed E-state index contributed by atoms with van der Waals surface area (Å²) in [5, 5.41) is 5.12. The van der Waals surface area contributed by atoms with Crippen molar-refractivity contribution in [2.24, 2.45) is 0 Å². The second-order valence-electron chi connectivity index (χ2n) is 7.97. The van der Waals surface area contributed by atoms with Gasteiger partial charge in [0.15, 0.2) is 6.61 Å². The van der Waals surface area contributed by atoms with Crippen molar-refractivity contribution < 1.29 is 14.3 Å². The first kappa shape index (κ1) is 22.8. The van der Waals surface area contributed by atoms with Crippen LogP contribution in [0.25, 0.3) is 0 Å². The van der Waals surface area contributed by atoms with Crippen LogP contribution in [-0.4, -0.2) is 18.3 Å². The van der Waals surface area contributed by atoms with Crippen LogP contribution in [0.5, 0.6) is 5.75 Å². The molecule has 2 aromatic carbocycles. The van der Waals surface area contributed by atoms with Crippen LogP contribution >= 0.6 is 11.3 Å². The van der Waals surface area contributed by atoms with E-state index < -0.39 is 0 Å². The number of hydrogen-bond acceptors (Lipinski definition) is 4. The van der Waals surface area contributed by atoms with Gasteiger partial charge in [-0.05, 0) is 59.5 Å². The fraction of sp³-hybridized carbons (Fsp3) is 0.308. The van der Waals surface area contributed by atoms with Gasteiger partial charge in [-0.2, -0.15) is 0 Å². The molecule has 0 spiro atoms. The molecule has 0 saturated heterocycles. The normalized spacial score (nSPS) is 11.9. The van der Waals surface area contributed by atoms with Crippen LogP contribution < -0.4 is 10.1 Å². The predicted molar refractivity (Wildman–Crippen MR) is 126 cm³/mol. The second-order valence-corrected chi connectivity index (χ2v) is 8.95. The number of nitrogens with one attached hydrogen (secondary N) is 1. The molecule has 3 aromatic rings. The Bertz CT molecular complexity index is 977. The molecular formula is C26H29NO3S. The molecule has 4 nitrogen and oxygen atoms in total. The fourth-order valence-electron chi connectivity index (χ4n) is 3.27. The first-order valence-electron chi connectivity index (χ1n) is 10.6. The SMILES string of the molecule is CC(=O)CCc1ccc(OCC(=O)NC(c2ccc(C(C)C)cc2)c2cccs2)cc1. The fourth-order valence-corrected chi connectivity index (χ4v) is 4.07. The van der Waals surface area contributed by atoms with Gasteiger partial charge >= 0.3 is 0 Å². The van der Waals surface area contributed by atoms with Crippen LogP contribution in [0.15, 0.2) is 66.0 Å². The lowest BCUT2D eigenvalue weighted by molar-refractivity contribution is -0.123. The Morgan fingerprint density at radius 1 is 0.968 bits per heavy atom. The van der Waals surface area contributed by atoms with Gasteiger partial charge in [-0.3, -0.25) is 4.79 Å². The first-order valence-corrected chi connectivity index (χ1v) is 11.4. The number of hydrogen-bond donors (Lipinski definition) is 1. The van der Waals surface area contributed by atoms with Crippen molar-refractivity contribution >= 4 is 23.0 Å². The molecule has 0 fully saturated rings. The summed E-state index contributed by atoms with van der Waals surface area (Å²) in [5.74, 6) is 1.10. The highest BCUT2D eigenvalue weighted by molar-refractivity contribution is 7.10. The molecule has 3 rings (SSSR count). The van der Waals surface area contributed by atoms with E-state index in [9.17, 15) is 9.59 Å². The highest BCUT2D eigenvalue weighted by Crippen LogP contribution is 2.27. The summed E-state index contributed by atoms with van der Waals surface area (Å²) in [5.41, 5.74) is 3.40. The topological polar surface area (TPSA) is 55.4 Å². The summed E-state index contributed by atoms with van der Waals surface area (Å²) in [7, 11) is 0. The van der Waals surface area contributed by atoms with Crippen molar-refractivity contribution in [2.75, 3.05) is 6.61 Å². The molecule has 0 radical (unpaired) electrons. The third-order valence-electron chi connectivity index (χ3n) is 5.13.